The van der Waals surface area contributed by atoms with E-state index < -0.39 is 22.0 Å². The second-order valence-electron chi connectivity index (χ2n) is 9.38. The molecule has 3 rings (SSSR count). The third kappa shape index (κ3) is 7.56. The van der Waals surface area contributed by atoms with E-state index in [0.717, 1.165) is 47.4 Å². The van der Waals surface area contributed by atoms with E-state index in [4.69, 9.17) is 0 Å². The summed E-state index contributed by atoms with van der Waals surface area (Å²) in [5, 5.41) is 3.15. The Hall–Kier alpha value is -2.87. The molecule has 2 aromatic carbocycles. The number of amides is 2. The van der Waals surface area contributed by atoms with Crippen LogP contribution >= 0.6 is 0 Å². The van der Waals surface area contributed by atoms with E-state index in [-0.39, 0.29) is 25.0 Å². The van der Waals surface area contributed by atoms with Crippen molar-refractivity contribution in [3.8, 4) is 0 Å². The predicted molar refractivity (Wildman–Crippen MR) is 139 cm³/mol. The second kappa shape index (κ2) is 12.2. The van der Waals surface area contributed by atoms with E-state index in [2.05, 4.69) is 5.32 Å². The zero-order chi connectivity index (χ0) is 25.4. The maximum Gasteiger partial charge on any atom is 0.244 e. The van der Waals surface area contributed by atoms with Gasteiger partial charge in [-0.2, -0.15) is 0 Å². The van der Waals surface area contributed by atoms with Gasteiger partial charge in [0.05, 0.1) is 11.9 Å². The van der Waals surface area contributed by atoms with Crippen LogP contribution in [0.15, 0.2) is 54.6 Å². The molecular weight excluding hydrogens is 462 g/mol. The number of sulfonamides is 1. The smallest absolute Gasteiger partial charge is 0.244 e. The molecule has 7 nitrogen and oxygen atoms in total. The fourth-order valence-electron chi connectivity index (χ4n) is 4.57. The molecule has 0 spiro atoms. The lowest BCUT2D eigenvalue weighted by Crippen LogP contribution is -2.53. The van der Waals surface area contributed by atoms with Crippen molar-refractivity contribution in [2.45, 2.75) is 71.0 Å². The van der Waals surface area contributed by atoms with Gasteiger partial charge >= 0.3 is 0 Å². The van der Waals surface area contributed by atoms with Crippen molar-refractivity contribution < 1.29 is 18.0 Å². The van der Waals surface area contributed by atoms with E-state index in [0.29, 0.717) is 12.1 Å². The van der Waals surface area contributed by atoms with Crippen molar-refractivity contribution in [1.82, 2.24) is 10.2 Å². The van der Waals surface area contributed by atoms with Crippen LogP contribution in [0.3, 0.4) is 0 Å². The lowest BCUT2D eigenvalue weighted by molar-refractivity contribution is -0.140. The molecule has 0 heterocycles. The van der Waals surface area contributed by atoms with Gasteiger partial charge in [0.2, 0.25) is 21.8 Å². The molecule has 2 aromatic rings. The van der Waals surface area contributed by atoms with Gasteiger partial charge in [0.25, 0.3) is 0 Å². The number of rotatable bonds is 10. The first kappa shape index (κ1) is 26.7. The summed E-state index contributed by atoms with van der Waals surface area (Å²) in [7, 11) is -3.72. The van der Waals surface area contributed by atoms with Gasteiger partial charge in [-0.25, -0.2) is 8.42 Å². The molecule has 1 saturated carbocycles. The van der Waals surface area contributed by atoms with Gasteiger partial charge in [-0.3, -0.25) is 13.9 Å². The standard InChI is InChI=1S/C27H37N3O4S/c1-4-25(27(32)28-23-13-9-6-10-14-23)29(19-22-11-7-5-8-12-22)26(31)20-30(35(3,33)34)24-17-15-21(2)16-18-24/h5,7-8,11-12,15-18,23,25H,4,6,9-10,13-14,19-20H2,1-3H3,(H,28,32)/t25-/m0/s1. The molecule has 8 heteroatoms. The summed E-state index contributed by atoms with van der Waals surface area (Å²) >= 11 is 0. The topological polar surface area (TPSA) is 86.8 Å². The Labute approximate surface area is 209 Å². The largest absolute Gasteiger partial charge is 0.352 e. The maximum atomic E-state index is 13.7. The maximum absolute atomic E-state index is 13.7. The van der Waals surface area contributed by atoms with Gasteiger partial charge in [-0.15, -0.1) is 0 Å². The van der Waals surface area contributed by atoms with Crippen LogP contribution in [0, 0.1) is 6.92 Å². The summed E-state index contributed by atoms with van der Waals surface area (Å²) in [6.45, 7) is 3.65. The molecule has 1 aliphatic rings. The van der Waals surface area contributed by atoms with Gasteiger partial charge in [-0.05, 0) is 43.9 Å². The highest BCUT2D eigenvalue weighted by Gasteiger charge is 2.32. The first-order chi connectivity index (χ1) is 16.7. The van der Waals surface area contributed by atoms with Gasteiger partial charge in [-0.1, -0.05) is 74.2 Å². The Kier molecular flexibility index (Phi) is 9.32. The van der Waals surface area contributed by atoms with Crippen molar-refractivity contribution in [3.05, 3.63) is 65.7 Å². The van der Waals surface area contributed by atoms with Crippen LogP contribution in [-0.4, -0.2) is 50.0 Å². The number of carbonyl (C=O) groups is 2. The van der Waals surface area contributed by atoms with E-state index >= 15 is 0 Å². The summed E-state index contributed by atoms with van der Waals surface area (Å²) in [4.78, 5) is 28.5. The molecule has 0 radical (unpaired) electrons. The molecular formula is C27H37N3O4S. The highest BCUT2D eigenvalue weighted by molar-refractivity contribution is 7.92. The van der Waals surface area contributed by atoms with Gasteiger partial charge < -0.3 is 10.2 Å². The summed E-state index contributed by atoms with van der Waals surface area (Å²) < 4.78 is 26.4. The van der Waals surface area contributed by atoms with Crippen molar-refractivity contribution in [2.75, 3.05) is 17.1 Å². The van der Waals surface area contributed by atoms with Crippen molar-refractivity contribution in [3.63, 3.8) is 0 Å². The molecule has 1 N–H and O–H groups in total. The fourth-order valence-corrected chi connectivity index (χ4v) is 5.42. The minimum absolute atomic E-state index is 0.124. The number of hydrogen-bond acceptors (Lipinski definition) is 4. The Balaban J connectivity index is 1.88. The monoisotopic (exact) mass is 499 g/mol. The number of nitrogens with zero attached hydrogens (tertiary/aromatic N) is 2. The van der Waals surface area contributed by atoms with E-state index in [1.165, 1.54) is 11.3 Å². The molecule has 190 valence electrons. The van der Waals surface area contributed by atoms with Crippen LogP contribution in [0.5, 0.6) is 0 Å². The summed E-state index contributed by atoms with van der Waals surface area (Å²) in [5.74, 6) is -0.588. The number of anilines is 1. The summed E-state index contributed by atoms with van der Waals surface area (Å²) in [6, 6.07) is 15.9. The third-order valence-electron chi connectivity index (χ3n) is 6.53. The van der Waals surface area contributed by atoms with Crippen LogP contribution in [0.2, 0.25) is 0 Å². The number of aryl methyl sites for hydroxylation is 1. The molecule has 0 aliphatic heterocycles. The number of nitrogens with one attached hydrogen (secondary N) is 1. The van der Waals surface area contributed by atoms with Gasteiger partial charge in [0.15, 0.2) is 0 Å². The molecule has 0 saturated heterocycles. The summed E-state index contributed by atoms with van der Waals surface area (Å²) in [6.07, 6.45) is 6.79. The van der Waals surface area contributed by atoms with Crippen LogP contribution in [0.4, 0.5) is 5.69 Å². The zero-order valence-electron chi connectivity index (χ0n) is 20.9. The van der Waals surface area contributed by atoms with Gasteiger partial charge in [0.1, 0.15) is 12.6 Å². The van der Waals surface area contributed by atoms with E-state index in [9.17, 15) is 18.0 Å². The number of carbonyl (C=O) groups excluding carboxylic acids is 2. The highest BCUT2D eigenvalue weighted by Crippen LogP contribution is 2.21. The Morgan fingerprint density at radius 2 is 1.63 bits per heavy atom. The molecule has 35 heavy (non-hydrogen) atoms. The lowest BCUT2D eigenvalue weighted by Gasteiger charge is -2.34. The first-order valence-corrected chi connectivity index (χ1v) is 14.2. The van der Waals surface area contributed by atoms with Crippen molar-refractivity contribution in [2.24, 2.45) is 0 Å². The molecule has 0 unspecified atom stereocenters. The highest BCUT2D eigenvalue weighted by atomic mass is 32.2. The van der Waals surface area contributed by atoms with Crippen LogP contribution in [-0.2, 0) is 26.2 Å². The van der Waals surface area contributed by atoms with Crippen molar-refractivity contribution in [1.29, 1.82) is 0 Å². The lowest BCUT2D eigenvalue weighted by atomic mass is 9.95. The normalized spacial score (nSPS) is 15.3. The third-order valence-corrected chi connectivity index (χ3v) is 7.67. The molecule has 1 aliphatic carbocycles. The van der Waals surface area contributed by atoms with Crippen LogP contribution < -0.4 is 9.62 Å². The Morgan fingerprint density at radius 3 is 2.20 bits per heavy atom. The first-order valence-electron chi connectivity index (χ1n) is 12.4. The average Bonchev–Trinajstić information content (AvgIpc) is 2.83. The molecule has 0 bridgehead atoms. The Morgan fingerprint density at radius 1 is 1.00 bits per heavy atom. The number of hydrogen-bond donors (Lipinski definition) is 1. The van der Waals surface area contributed by atoms with E-state index in [1.54, 1.807) is 12.1 Å². The zero-order valence-corrected chi connectivity index (χ0v) is 21.8. The molecule has 1 fully saturated rings. The molecule has 2 amide bonds. The fraction of sp³-hybridized carbons (Fsp3) is 0.481. The van der Waals surface area contributed by atoms with Crippen LogP contribution in [0.25, 0.3) is 0 Å². The molecule has 1 atom stereocenters. The SMILES string of the molecule is CC[C@@H](C(=O)NC1CCCCC1)N(Cc1ccccc1)C(=O)CN(c1ccc(C)cc1)S(C)(=O)=O. The summed E-state index contributed by atoms with van der Waals surface area (Å²) in [5.41, 5.74) is 2.29. The molecule has 0 aromatic heterocycles. The van der Waals surface area contributed by atoms with Gasteiger partial charge in [0, 0.05) is 12.6 Å². The Bertz CT molecular complexity index is 1080. The quantitative estimate of drug-likeness (QED) is 0.535. The predicted octanol–water partition coefficient (Wildman–Crippen LogP) is 4.02. The average molecular weight is 500 g/mol. The van der Waals surface area contributed by atoms with E-state index in [1.807, 2.05) is 56.3 Å². The minimum Gasteiger partial charge on any atom is -0.352 e. The number of benzene rings is 2. The van der Waals surface area contributed by atoms with Crippen LogP contribution in [0.1, 0.15) is 56.6 Å². The minimum atomic E-state index is -3.72. The second-order valence-corrected chi connectivity index (χ2v) is 11.3. The van der Waals surface area contributed by atoms with Crippen molar-refractivity contribution >= 4 is 27.5 Å².